The van der Waals surface area contributed by atoms with Crippen molar-refractivity contribution in [3.05, 3.63) is 54.3 Å². The number of halogens is 1. The summed E-state index contributed by atoms with van der Waals surface area (Å²) in [7, 11) is -3.82. The highest BCUT2D eigenvalue weighted by atomic mass is 32.2. The maximum atomic E-state index is 13.2. The molecule has 25 heavy (non-hydrogen) atoms. The van der Waals surface area contributed by atoms with Gasteiger partial charge in [-0.15, -0.1) is 0 Å². The third-order valence-electron chi connectivity index (χ3n) is 4.58. The van der Waals surface area contributed by atoms with Crippen LogP contribution in [0.4, 0.5) is 4.39 Å². The van der Waals surface area contributed by atoms with E-state index < -0.39 is 15.7 Å². The van der Waals surface area contributed by atoms with Gasteiger partial charge in [0.15, 0.2) is 5.03 Å². The predicted octanol–water partition coefficient (Wildman–Crippen LogP) is 2.93. The van der Waals surface area contributed by atoms with Gasteiger partial charge in [-0.2, -0.15) is 5.10 Å². The van der Waals surface area contributed by atoms with Gasteiger partial charge in [-0.25, -0.2) is 12.8 Å². The third kappa shape index (κ3) is 2.83. The molecule has 1 atom stereocenters. The number of hydrogen-bond acceptors (Lipinski definition) is 4. The van der Waals surface area contributed by atoms with E-state index in [0.717, 1.165) is 43.6 Å². The minimum absolute atomic E-state index is 0.0280. The second-order valence-corrected chi connectivity index (χ2v) is 8.09. The van der Waals surface area contributed by atoms with Crippen molar-refractivity contribution >= 4 is 20.7 Å². The Morgan fingerprint density at radius 1 is 1.12 bits per heavy atom. The standard InChI is InChI=1S/C18H18FN3O2S/c19-13-7-9-15(10-8-13)25(23,24)18-16-5-1-2-6-17(16)22(21-18)14-4-3-11-20-12-14/h1-2,5-10,14,20H,3-4,11-12H2. The van der Waals surface area contributed by atoms with Crippen LogP contribution in [-0.2, 0) is 9.84 Å². The third-order valence-corrected chi connectivity index (χ3v) is 6.28. The molecule has 1 aromatic heterocycles. The van der Waals surface area contributed by atoms with E-state index in [-0.39, 0.29) is 16.0 Å². The first kappa shape index (κ1) is 16.2. The Kier molecular flexibility index (Phi) is 4.05. The van der Waals surface area contributed by atoms with Crippen LogP contribution in [0.5, 0.6) is 0 Å². The average molecular weight is 359 g/mol. The molecule has 0 aliphatic carbocycles. The number of fused-ring (bicyclic) bond motifs is 1. The summed E-state index contributed by atoms with van der Waals surface area (Å²) in [5.41, 5.74) is 0.803. The molecule has 7 heteroatoms. The maximum absolute atomic E-state index is 13.2. The second-order valence-electron chi connectivity index (χ2n) is 6.22. The number of nitrogens with zero attached hydrogens (tertiary/aromatic N) is 2. The molecule has 1 unspecified atom stereocenters. The zero-order valence-electron chi connectivity index (χ0n) is 13.5. The summed E-state index contributed by atoms with van der Waals surface area (Å²) in [5.74, 6) is -0.470. The van der Waals surface area contributed by atoms with Crippen LogP contribution in [0.2, 0.25) is 0 Å². The molecule has 0 amide bonds. The summed E-state index contributed by atoms with van der Waals surface area (Å²) >= 11 is 0. The second kappa shape index (κ2) is 6.24. The number of benzene rings is 2. The van der Waals surface area contributed by atoms with Crippen LogP contribution in [0.25, 0.3) is 10.9 Å². The van der Waals surface area contributed by atoms with E-state index in [1.54, 1.807) is 12.1 Å². The van der Waals surface area contributed by atoms with Gasteiger partial charge in [0.25, 0.3) is 0 Å². The number of piperidine rings is 1. The van der Waals surface area contributed by atoms with Crippen molar-refractivity contribution < 1.29 is 12.8 Å². The van der Waals surface area contributed by atoms with Crippen molar-refractivity contribution in [3.63, 3.8) is 0 Å². The molecule has 0 saturated carbocycles. The monoisotopic (exact) mass is 359 g/mol. The molecule has 5 nitrogen and oxygen atoms in total. The lowest BCUT2D eigenvalue weighted by molar-refractivity contribution is 0.351. The number of nitrogens with one attached hydrogen (secondary N) is 1. The Labute approximate surface area is 145 Å². The molecule has 2 heterocycles. The van der Waals surface area contributed by atoms with Crippen molar-refractivity contribution in [2.45, 2.75) is 28.8 Å². The van der Waals surface area contributed by atoms with Gasteiger partial charge in [0.1, 0.15) is 5.82 Å². The Morgan fingerprint density at radius 3 is 2.60 bits per heavy atom. The van der Waals surface area contributed by atoms with Gasteiger partial charge in [-0.3, -0.25) is 4.68 Å². The molecule has 1 saturated heterocycles. The van der Waals surface area contributed by atoms with E-state index in [9.17, 15) is 12.8 Å². The first-order chi connectivity index (χ1) is 12.1. The highest BCUT2D eigenvalue weighted by molar-refractivity contribution is 7.91. The normalized spacial score (nSPS) is 18.5. The van der Waals surface area contributed by atoms with Crippen LogP contribution in [0.3, 0.4) is 0 Å². The Hall–Kier alpha value is -2.25. The number of rotatable bonds is 3. The molecule has 0 spiro atoms. The fourth-order valence-corrected chi connectivity index (χ4v) is 4.68. The molecule has 1 N–H and O–H groups in total. The van der Waals surface area contributed by atoms with Gasteiger partial charge in [0, 0.05) is 11.9 Å². The van der Waals surface area contributed by atoms with Crippen molar-refractivity contribution in [2.75, 3.05) is 13.1 Å². The summed E-state index contributed by atoms with van der Waals surface area (Å²) in [6.45, 7) is 1.73. The highest BCUT2D eigenvalue weighted by Crippen LogP contribution is 2.30. The molecule has 0 radical (unpaired) electrons. The molecule has 4 rings (SSSR count). The molecule has 2 aromatic carbocycles. The molecular weight excluding hydrogens is 341 g/mol. The predicted molar refractivity (Wildman–Crippen MR) is 92.7 cm³/mol. The topological polar surface area (TPSA) is 64.0 Å². The van der Waals surface area contributed by atoms with Gasteiger partial charge in [0.2, 0.25) is 9.84 Å². The van der Waals surface area contributed by atoms with E-state index in [1.807, 2.05) is 16.8 Å². The average Bonchev–Trinajstić information content (AvgIpc) is 3.03. The molecular formula is C18H18FN3O2S. The van der Waals surface area contributed by atoms with E-state index in [4.69, 9.17) is 0 Å². The number of para-hydroxylation sites is 1. The van der Waals surface area contributed by atoms with Crippen LogP contribution < -0.4 is 5.32 Å². The Morgan fingerprint density at radius 2 is 1.88 bits per heavy atom. The fraction of sp³-hybridized carbons (Fsp3) is 0.278. The van der Waals surface area contributed by atoms with E-state index >= 15 is 0 Å². The Balaban J connectivity index is 1.88. The molecule has 1 fully saturated rings. The molecule has 0 bridgehead atoms. The van der Waals surface area contributed by atoms with Gasteiger partial charge in [-0.1, -0.05) is 12.1 Å². The molecule has 1 aliphatic rings. The van der Waals surface area contributed by atoms with Crippen molar-refractivity contribution in [3.8, 4) is 0 Å². The lowest BCUT2D eigenvalue weighted by atomic mass is 10.1. The Bertz CT molecular complexity index is 1010. The van der Waals surface area contributed by atoms with Crippen molar-refractivity contribution in [1.29, 1.82) is 0 Å². The van der Waals surface area contributed by atoms with Gasteiger partial charge < -0.3 is 5.32 Å². The number of sulfone groups is 1. The van der Waals surface area contributed by atoms with Crippen LogP contribution in [0.15, 0.2) is 58.5 Å². The lowest BCUT2D eigenvalue weighted by Gasteiger charge is -2.23. The van der Waals surface area contributed by atoms with Crippen molar-refractivity contribution in [1.82, 2.24) is 15.1 Å². The van der Waals surface area contributed by atoms with Crippen LogP contribution in [-0.4, -0.2) is 31.3 Å². The highest BCUT2D eigenvalue weighted by Gasteiger charge is 2.27. The smallest absolute Gasteiger partial charge is 0.226 e. The molecule has 130 valence electrons. The lowest BCUT2D eigenvalue weighted by Crippen LogP contribution is -2.32. The first-order valence-electron chi connectivity index (χ1n) is 8.26. The van der Waals surface area contributed by atoms with Crippen LogP contribution in [0, 0.1) is 5.82 Å². The van der Waals surface area contributed by atoms with Crippen LogP contribution >= 0.6 is 0 Å². The summed E-state index contributed by atoms with van der Waals surface area (Å²) < 4.78 is 41.1. The number of aromatic nitrogens is 2. The van der Waals surface area contributed by atoms with Crippen molar-refractivity contribution in [2.24, 2.45) is 0 Å². The van der Waals surface area contributed by atoms with E-state index in [1.165, 1.54) is 12.1 Å². The zero-order valence-corrected chi connectivity index (χ0v) is 14.3. The number of hydrogen-bond donors (Lipinski definition) is 1. The van der Waals surface area contributed by atoms with E-state index in [2.05, 4.69) is 10.4 Å². The largest absolute Gasteiger partial charge is 0.315 e. The summed E-state index contributed by atoms with van der Waals surface area (Å²) in [4.78, 5) is 0.0473. The van der Waals surface area contributed by atoms with Gasteiger partial charge in [-0.05, 0) is 55.8 Å². The maximum Gasteiger partial charge on any atom is 0.226 e. The molecule has 1 aliphatic heterocycles. The first-order valence-corrected chi connectivity index (χ1v) is 9.74. The summed E-state index contributed by atoms with van der Waals surface area (Å²) in [6, 6.07) is 12.3. The minimum atomic E-state index is -3.82. The quantitative estimate of drug-likeness (QED) is 0.731. The van der Waals surface area contributed by atoms with Gasteiger partial charge >= 0.3 is 0 Å². The zero-order chi connectivity index (χ0) is 17.4. The van der Waals surface area contributed by atoms with Gasteiger partial charge in [0.05, 0.1) is 16.5 Å². The fourth-order valence-electron chi connectivity index (χ4n) is 3.30. The summed E-state index contributed by atoms with van der Waals surface area (Å²) in [5, 5.41) is 8.43. The SMILES string of the molecule is O=S(=O)(c1ccc(F)cc1)c1nn(C2CCCNC2)c2ccccc12. The van der Waals surface area contributed by atoms with Crippen LogP contribution in [0.1, 0.15) is 18.9 Å². The summed E-state index contributed by atoms with van der Waals surface area (Å²) in [6.07, 6.45) is 1.98. The minimum Gasteiger partial charge on any atom is -0.315 e. The molecule has 3 aromatic rings. The van der Waals surface area contributed by atoms with E-state index in [0.29, 0.717) is 5.39 Å².